The second-order valence-corrected chi connectivity index (χ2v) is 8.19. The Morgan fingerprint density at radius 2 is 2.03 bits per heavy atom. The van der Waals surface area contributed by atoms with E-state index in [4.69, 9.17) is 10.5 Å². The molecule has 1 aromatic carbocycles. The SMILES string of the molecule is CC(=O)[NH2+]C[C@H]1CN(c2ccc(N3CCN(c4nnc(N)s4)CC3)c(F)c2)C(=O)O1. The smallest absolute Gasteiger partial charge is 0.414 e. The first-order chi connectivity index (χ1) is 14.4. The number of carbonyl (C=O) groups excluding carboxylic acids is 2. The molecule has 12 heteroatoms. The van der Waals surface area contributed by atoms with Crippen LogP contribution >= 0.6 is 11.3 Å². The summed E-state index contributed by atoms with van der Waals surface area (Å²) in [4.78, 5) is 28.7. The van der Waals surface area contributed by atoms with E-state index in [2.05, 4.69) is 15.1 Å². The van der Waals surface area contributed by atoms with Gasteiger partial charge >= 0.3 is 12.0 Å². The van der Waals surface area contributed by atoms with Gasteiger partial charge in [-0.1, -0.05) is 11.3 Å². The molecule has 0 radical (unpaired) electrons. The average molecular weight is 436 g/mol. The molecule has 1 aromatic heterocycles. The first kappa shape index (κ1) is 20.3. The summed E-state index contributed by atoms with van der Waals surface area (Å²) in [7, 11) is 0. The van der Waals surface area contributed by atoms with Gasteiger partial charge < -0.3 is 20.3 Å². The fourth-order valence-electron chi connectivity index (χ4n) is 3.57. The van der Waals surface area contributed by atoms with Gasteiger partial charge in [-0.25, -0.2) is 14.0 Å². The molecule has 0 saturated carbocycles. The van der Waals surface area contributed by atoms with Crippen molar-refractivity contribution < 1.29 is 24.0 Å². The van der Waals surface area contributed by atoms with Crippen LogP contribution in [0.5, 0.6) is 0 Å². The number of ether oxygens (including phenoxy) is 1. The number of piperazine rings is 1. The Hall–Kier alpha value is -2.99. The Labute approximate surface area is 176 Å². The summed E-state index contributed by atoms with van der Waals surface area (Å²) in [5, 5.41) is 10.6. The number of anilines is 4. The van der Waals surface area contributed by atoms with Crippen LogP contribution in [0.1, 0.15) is 6.92 Å². The van der Waals surface area contributed by atoms with Crippen LogP contribution in [0.3, 0.4) is 0 Å². The number of nitrogens with two attached hydrogens (primary N) is 2. The molecule has 2 aromatic rings. The fourth-order valence-corrected chi connectivity index (χ4v) is 4.23. The van der Waals surface area contributed by atoms with Crippen molar-refractivity contribution in [3.63, 3.8) is 0 Å². The number of aromatic nitrogens is 2. The second-order valence-electron chi connectivity index (χ2n) is 7.20. The summed E-state index contributed by atoms with van der Waals surface area (Å²) in [5.74, 6) is -0.470. The van der Waals surface area contributed by atoms with Crippen molar-refractivity contribution >= 4 is 45.0 Å². The minimum Gasteiger partial charge on any atom is -0.438 e. The topological polar surface area (TPSA) is 122 Å². The lowest BCUT2D eigenvalue weighted by Crippen LogP contribution is -2.89. The highest BCUT2D eigenvalue weighted by Gasteiger charge is 2.34. The maximum Gasteiger partial charge on any atom is 0.414 e. The molecule has 2 fully saturated rings. The number of hydrogen-bond donors (Lipinski definition) is 2. The minimum atomic E-state index is -0.533. The number of carbonyl (C=O) groups is 2. The number of nitrogens with zero attached hydrogens (tertiary/aromatic N) is 5. The van der Waals surface area contributed by atoms with Crippen LogP contribution in [-0.4, -0.2) is 67.6 Å². The van der Waals surface area contributed by atoms with E-state index in [1.54, 1.807) is 12.1 Å². The van der Waals surface area contributed by atoms with E-state index in [0.717, 1.165) is 5.13 Å². The number of rotatable bonds is 5. The van der Waals surface area contributed by atoms with Crippen LogP contribution in [0, 0.1) is 5.82 Å². The van der Waals surface area contributed by atoms with Gasteiger partial charge in [-0.15, -0.1) is 10.2 Å². The zero-order chi connectivity index (χ0) is 21.3. The van der Waals surface area contributed by atoms with Crippen molar-refractivity contribution in [2.45, 2.75) is 13.0 Å². The Bertz CT molecular complexity index is 948. The zero-order valence-electron chi connectivity index (χ0n) is 16.5. The van der Waals surface area contributed by atoms with Crippen molar-refractivity contribution in [2.24, 2.45) is 0 Å². The van der Waals surface area contributed by atoms with Crippen molar-refractivity contribution in [3.05, 3.63) is 24.0 Å². The number of halogens is 1. The van der Waals surface area contributed by atoms with Crippen LogP contribution in [0.2, 0.25) is 0 Å². The van der Waals surface area contributed by atoms with E-state index >= 15 is 0 Å². The van der Waals surface area contributed by atoms with Gasteiger partial charge in [-0.05, 0) is 18.2 Å². The summed E-state index contributed by atoms with van der Waals surface area (Å²) in [5.41, 5.74) is 6.57. The quantitative estimate of drug-likeness (QED) is 0.673. The number of quaternary nitrogens is 1. The molecular weight excluding hydrogens is 413 g/mol. The summed E-state index contributed by atoms with van der Waals surface area (Å²) in [6.07, 6.45) is -0.944. The first-order valence-corrected chi connectivity index (χ1v) is 10.4. The molecule has 160 valence electrons. The van der Waals surface area contributed by atoms with Gasteiger partial charge in [0, 0.05) is 26.2 Å². The zero-order valence-corrected chi connectivity index (χ0v) is 17.3. The van der Waals surface area contributed by atoms with Crippen molar-refractivity contribution in [1.29, 1.82) is 0 Å². The molecule has 1 atom stereocenters. The van der Waals surface area contributed by atoms with E-state index in [1.807, 2.05) is 4.90 Å². The molecule has 2 aliphatic rings. The molecule has 0 aliphatic carbocycles. The van der Waals surface area contributed by atoms with Crippen molar-refractivity contribution in [2.75, 3.05) is 59.7 Å². The third kappa shape index (κ3) is 4.28. The van der Waals surface area contributed by atoms with Crippen LogP contribution < -0.4 is 25.8 Å². The minimum absolute atomic E-state index is 0.0745. The highest BCUT2D eigenvalue weighted by atomic mass is 32.1. The molecule has 0 unspecified atom stereocenters. The van der Waals surface area contributed by atoms with Crippen LogP contribution in [0.25, 0.3) is 0 Å². The predicted octanol–water partition coefficient (Wildman–Crippen LogP) is 0.0211. The molecule has 30 heavy (non-hydrogen) atoms. The normalized spacial score (nSPS) is 19.3. The van der Waals surface area contributed by atoms with Gasteiger partial charge in [-0.2, -0.15) is 0 Å². The van der Waals surface area contributed by atoms with E-state index < -0.39 is 18.0 Å². The first-order valence-electron chi connectivity index (χ1n) is 9.61. The molecule has 4 N–H and O–H groups in total. The molecule has 0 bridgehead atoms. The Kier molecular flexibility index (Phi) is 5.68. The highest BCUT2D eigenvalue weighted by Crippen LogP contribution is 2.29. The van der Waals surface area contributed by atoms with E-state index in [1.165, 1.54) is 34.5 Å². The number of amides is 2. The molecule has 0 spiro atoms. The average Bonchev–Trinajstić information content (AvgIpc) is 3.32. The third-order valence-electron chi connectivity index (χ3n) is 5.11. The van der Waals surface area contributed by atoms with Crippen molar-refractivity contribution in [3.8, 4) is 0 Å². The summed E-state index contributed by atoms with van der Waals surface area (Å²) in [6.45, 7) is 4.71. The predicted molar refractivity (Wildman–Crippen MR) is 110 cm³/mol. The number of benzene rings is 1. The largest absolute Gasteiger partial charge is 0.438 e. The summed E-state index contributed by atoms with van der Waals surface area (Å²) >= 11 is 1.33. The number of primary amides is 1. The molecule has 2 aliphatic heterocycles. The molecule has 3 heterocycles. The van der Waals surface area contributed by atoms with Gasteiger partial charge in [0.15, 0.2) is 6.10 Å². The Balaban J connectivity index is 1.39. The summed E-state index contributed by atoms with van der Waals surface area (Å²) in [6, 6.07) is 4.76. The molecule has 2 saturated heterocycles. The van der Waals surface area contributed by atoms with E-state index in [0.29, 0.717) is 49.2 Å². The lowest BCUT2D eigenvalue weighted by atomic mass is 10.2. The van der Waals surface area contributed by atoms with Crippen molar-refractivity contribution in [1.82, 2.24) is 10.2 Å². The van der Waals surface area contributed by atoms with Crippen LogP contribution in [0.15, 0.2) is 18.2 Å². The van der Waals surface area contributed by atoms with E-state index in [-0.39, 0.29) is 12.5 Å². The second kappa shape index (κ2) is 8.40. The fraction of sp³-hybridized carbons (Fsp3) is 0.444. The van der Waals surface area contributed by atoms with Crippen LogP contribution in [0.4, 0.5) is 30.8 Å². The molecule has 2 amide bonds. The lowest BCUT2D eigenvalue weighted by Gasteiger charge is -2.36. The molecule has 10 nitrogen and oxygen atoms in total. The number of cyclic esters (lactones) is 1. The van der Waals surface area contributed by atoms with Gasteiger partial charge in [-0.3, -0.25) is 10.2 Å². The highest BCUT2D eigenvalue weighted by molar-refractivity contribution is 7.18. The lowest BCUT2D eigenvalue weighted by molar-refractivity contribution is -0.573. The van der Waals surface area contributed by atoms with Gasteiger partial charge in [0.2, 0.25) is 10.3 Å². The number of nitrogen functional groups attached to an aromatic ring is 1. The third-order valence-corrected chi connectivity index (χ3v) is 5.92. The Morgan fingerprint density at radius 1 is 1.30 bits per heavy atom. The van der Waals surface area contributed by atoms with Gasteiger partial charge in [0.1, 0.15) is 12.4 Å². The standard InChI is InChI=1S/C18H22FN7O3S/c1-11(27)21-9-13-10-26(18(28)29-13)12-2-3-15(14(19)8-12)24-4-6-25(7-5-24)17-23-22-16(20)30-17/h2-3,8,13H,4-7,9-10H2,1H3,(H2,20,22)(H,21,27)/p+1/t13-/m0/s1. The number of hydrogen-bond acceptors (Lipinski definition) is 9. The van der Waals surface area contributed by atoms with Crippen LogP contribution in [-0.2, 0) is 9.53 Å². The Morgan fingerprint density at radius 3 is 2.67 bits per heavy atom. The van der Waals surface area contributed by atoms with E-state index in [9.17, 15) is 14.0 Å². The van der Waals surface area contributed by atoms with Gasteiger partial charge in [0.05, 0.1) is 24.8 Å². The molecule has 4 rings (SSSR count). The molecular formula is C18H23FN7O3S+. The monoisotopic (exact) mass is 436 g/mol. The maximum absolute atomic E-state index is 14.9. The summed E-state index contributed by atoms with van der Waals surface area (Å²) < 4.78 is 20.1. The maximum atomic E-state index is 14.9. The van der Waals surface area contributed by atoms with Gasteiger partial charge in [0.25, 0.3) is 0 Å².